The third kappa shape index (κ3) is 5.23. The molecule has 0 aliphatic heterocycles. The zero-order valence-electron chi connectivity index (χ0n) is 11.8. The number of hydrogen-bond donors (Lipinski definition) is 2. The molecular weight excluding hydrogens is 246 g/mol. The molecule has 106 valence electrons. The molecule has 1 rings (SSSR count). The van der Waals surface area contributed by atoms with Gasteiger partial charge in [-0.1, -0.05) is 0 Å². The predicted octanol–water partition coefficient (Wildman–Crippen LogP) is 1.45. The lowest BCUT2D eigenvalue weighted by Crippen LogP contribution is -2.28. The Hall–Kier alpha value is -1.66. The van der Waals surface area contributed by atoms with Gasteiger partial charge in [-0.2, -0.15) is 0 Å². The van der Waals surface area contributed by atoms with E-state index in [4.69, 9.17) is 9.94 Å². The highest BCUT2D eigenvalue weighted by Crippen LogP contribution is 2.11. The van der Waals surface area contributed by atoms with Gasteiger partial charge in [-0.3, -0.25) is 10.0 Å². The average Bonchev–Trinajstić information content (AvgIpc) is 2.36. The molecule has 2 N–H and O–H groups in total. The van der Waals surface area contributed by atoms with Gasteiger partial charge in [0.1, 0.15) is 5.82 Å². The van der Waals surface area contributed by atoms with Gasteiger partial charge in [0.15, 0.2) is 0 Å². The van der Waals surface area contributed by atoms with Crippen molar-refractivity contribution in [3.8, 4) is 0 Å². The number of aromatic nitrogens is 1. The third-order valence-electron chi connectivity index (χ3n) is 2.46. The van der Waals surface area contributed by atoms with Gasteiger partial charge in [0.2, 0.25) is 0 Å². The van der Waals surface area contributed by atoms with Crippen LogP contribution in [0.3, 0.4) is 0 Å². The Morgan fingerprint density at radius 2 is 2.16 bits per heavy atom. The minimum atomic E-state index is -0.572. The summed E-state index contributed by atoms with van der Waals surface area (Å²) >= 11 is 0. The second-order valence-electron chi connectivity index (χ2n) is 5.23. The second-order valence-corrected chi connectivity index (χ2v) is 5.23. The first-order chi connectivity index (χ1) is 8.83. The lowest BCUT2D eigenvalue weighted by atomic mass is 10.2. The van der Waals surface area contributed by atoms with Crippen molar-refractivity contribution >= 4 is 11.7 Å². The zero-order chi connectivity index (χ0) is 14.5. The number of pyridine rings is 1. The van der Waals surface area contributed by atoms with Crippen molar-refractivity contribution < 1.29 is 14.7 Å². The number of hydroxylamine groups is 1. The quantitative estimate of drug-likeness (QED) is 0.624. The van der Waals surface area contributed by atoms with E-state index < -0.39 is 5.91 Å². The van der Waals surface area contributed by atoms with Gasteiger partial charge in [0.05, 0.1) is 17.8 Å². The van der Waals surface area contributed by atoms with E-state index in [-0.39, 0.29) is 5.60 Å². The van der Waals surface area contributed by atoms with Gasteiger partial charge < -0.3 is 9.64 Å². The van der Waals surface area contributed by atoms with Crippen LogP contribution in [0.4, 0.5) is 5.82 Å². The molecular formula is C13H21N3O3. The van der Waals surface area contributed by atoms with Crippen molar-refractivity contribution in [1.82, 2.24) is 10.5 Å². The lowest BCUT2D eigenvalue weighted by molar-refractivity contribution is 0.00164. The summed E-state index contributed by atoms with van der Waals surface area (Å²) in [6.07, 6.45) is 1.42. The van der Waals surface area contributed by atoms with Crippen molar-refractivity contribution in [2.45, 2.75) is 26.4 Å². The number of hydrogen-bond acceptors (Lipinski definition) is 5. The van der Waals surface area contributed by atoms with Gasteiger partial charge in [-0.25, -0.2) is 10.5 Å². The van der Waals surface area contributed by atoms with Crippen molar-refractivity contribution in [3.05, 3.63) is 23.9 Å². The summed E-state index contributed by atoms with van der Waals surface area (Å²) in [4.78, 5) is 17.2. The fourth-order valence-corrected chi connectivity index (χ4v) is 1.41. The summed E-state index contributed by atoms with van der Waals surface area (Å²) in [6, 6.07) is 3.33. The molecule has 0 saturated heterocycles. The van der Waals surface area contributed by atoms with Gasteiger partial charge in [0, 0.05) is 19.8 Å². The highest BCUT2D eigenvalue weighted by molar-refractivity contribution is 5.93. The highest BCUT2D eigenvalue weighted by atomic mass is 16.5. The topological polar surface area (TPSA) is 74.7 Å². The number of rotatable bonds is 5. The second kappa shape index (κ2) is 6.49. The summed E-state index contributed by atoms with van der Waals surface area (Å²) < 4.78 is 5.63. The van der Waals surface area contributed by atoms with Gasteiger partial charge in [-0.15, -0.1) is 0 Å². The Kier molecular flexibility index (Phi) is 5.26. The average molecular weight is 267 g/mol. The maximum Gasteiger partial charge on any atom is 0.276 e. The maximum absolute atomic E-state index is 11.1. The molecule has 0 radical (unpaired) electrons. The molecule has 0 atom stereocenters. The molecule has 0 bridgehead atoms. The molecule has 0 saturated carbocycles. The Bertz CT molecular complexity index is 412. The monoisotopic (exact) mass is 267 g/mol. The molecule has 1 aromatic heterocycles. The smallest absolute Gasteiger partial charge is 0.276 e. The van der Waals surface area contributed by atoms with Crippen molar-refractivity contribution in [2.24, 2.45) is 0 Å². The van der Waals surface area contributed by atoms with Crippen LogP contribution >= 0.6 is 0 Å². The molecule has 0 unspecified atom stereocenters. The first kappa shape index (κ1) is 15.4. The van der Waals surface area contributed by atoms with Crippen LogP contribution in [0.1, 0.15) is 31.1 Å². The molecule has 1 aromatic rings. The number of carbonyl (C=O) groups excluding carboxylic acids is 1. The van der Waals surface area contributed by atoms with Gasteiger partial charge in [0.25, 0.3) is 5.91 Å². The molecule has 1 amide bonds. The summed E-state index contributed by atoms with van der Waals surface area (Å²) in [5.74, 6) is 0.171. The van der Waals surface area contributed by atoms with Crippen molar-refractivity contribution in [1.29, 1.82) is 0 Å². The van der Waals surface area contributed by atoms with E-state index in [1.807, 2.05) is 32.7 Å². The predicted molar refractivity (Wildman–Crippen MR) is 72.5 cm³/mol. The van der Waals surface area contributed by atoms with Crippen molar-refractivity contribution in [2.75, 3.05) is 25.1 Å². The van der Waals surface area contributed by atoms with Crippen LogP contribution in [0.2, 0.25) is 0 Å². The SMILES string of the molecule is CN(CCOC(C)(C)C)c1ccc(C(=O)NO)cn1. The van der Waals surface area contributed by atoms with E-state index in [9.17, 15) is 4.79 Å². The van der Waals surface area contributed by atoms with Crippen LogP contribution in [0.15, 0.2) is 18.3 Å². The van der Waals surface area contributed by atoms with Crippen LogP contribution in [-0.2, 0) is 4.74 Å². The van der Waals surface area contributed by atoms with E-state index in [2.05, 4.69) is 4.98 Å². The van der Waals surface area contributed by atoms with Crippen LogP contribution in [0.5, 0.6) is 0 Å². The molecule has 0 spiro atoms. The molecule has 1 heterocycles. The normalized spacial score (nSPS) is 11.2. The molecule has 19 heavy (non-hydrogen) atoms. The maximum atomic E-state index is 11.1. The number of anilines is 1. The van der Waals surface area contributed by atoms with Gasteiger partial charge >= 0.3 is 0 Å². The molecule has 0 aromatic carbocycles. The molecule has 0 aliphatic carbocycles. The van der Waals surface area contributed by atoms with Crippen LogP contribution in [0.25, 0.3) is 0 Å². The van der Waals surface area contributed by atoms with Crippen LogP contribution in [-0.4, -0.2) is 41.9 Å². The van der Waals surface area contributed by atoms with E-state index in [1.165, 1.54) is 6.20 Å². The largest absolute Gasteiger partial charge is 0.374 e. The lowest BCUT2D eigenvalue weighted by Gasteiger charge is -2.23. The van der Waals surface area contributed by atoms with E-state index in [0.717, 1.165) is 5.82 Å². The van der Waals surface area contributed by atoms with Crippen molar-refractivity contribution in [3.63, 3.8) is 0 Å². The summed E-state index contributed by atoms with van der Waals surface area (Å²) in [5, 5.41) is 8.50. The fraction of sp³-hybridized carbons (Fsp3) is 0.538. The van der Waals surface area contributed by atoms with E-state index in [1.54, 1.807) is 17.6 Å². The van der Waals surface area contributed by atoms with Gasteiger partial charge in [-0.05, 0) is 32.9 Å². The molecule has 0 fully saturated rings. The molecule has 0 aliphatic rings. The standard InChI is InChI=1S/C13H21N3O3/c1-13(2,3)19-8-7-16(4)11-6-5-10(9-14-11)12(17)15-18/h5-6,9,18H,7-8H2,1-4H3,(H,15,17). The zero-order valence-corrected chi connectivity index (χ0v) is 11.8. The Labute approximate surface area is 113 Å². The Morgan fingerprint density at radius 3 is 2.63 bits per heavy atom. The third-order valence-corrected chi connectivity index (χ3v) is 2.46. The first-order valence-corrected chi connectivity index (χ1v) is 6.09. The van der Waals surface area contributed by atoms with Crippen LogP contribution in [0, 0.1) is 0 Å². The number of nitrogens with one attached hydrogen (secondary N) is 1. The van der Waals surface area contributed by atoms with E-state index in [0.29, 0.717) is 18.7 Å². The number of amides is 1. The number of ether oxygens (including phenoxy) is 1. The summed E-state index contributed by atoms with van der Waals surface area (Å²) in [7, 11) is 1.90. The minimum absolute atomic E-state index is 0.155. The molecule has 6 nitrogen and oxygen atoms in total. The number of carbonyl (C=O) groups is 1. The summed E-state index contributed by atoms with van der Waals surface area (Å²) in [5.41, 5.74) is 1.72. The Morgan fingerprint density at radius 1 is 1.47 bits per heavy atom. The minimum Gasteiger partial charge on any atom is -0.374 e. The highest BCUT2D eigenvalue weighted by Gasteiger charge is 2.11. The first-order valence-electron chi connectivity index (χ1n) is 6.09. The Balaban J connectivity index is 2.53. The van der Waals surface area contributed by atoms with Crippen LogP contribution < -0.4 is 10.4 Å². The molecule has 6 heteroatoms. The van der Waals surface area contributed by atoms with E-state index >= 15 is 0 Å². The number of likely N-dealkylation sites (N-methyl/N-ethyl adjacent to an activating group) is 1. The fourth-order valence-electron chi connectivity index (χ4n) is 1.41. The summed E-state index contributed by atoms with van der Waals surface area (Å²) in [6.45, 7) is 7.32. The number of nitrogens with zero attached hydrogens (tertiary/aromatic N) is 2.